The molecule has 1 atom stereocenters. The van der Waals surface area contributed by atoms with Gasteiger partial charge in [-0.15, -0.1) is 0 Å². The van der Waals surface area contributed by atoms with Crippen molar-refractivity contribution >= 4 is 11.8 Å². The summed E-state index contributed by atoms with van der Waals surface area (Å²) in [6, 6.07) is 16.0. The van der Waals surface area contributed by atoms with Gasteiger partial charge >= 0.3 is 0 Å². The lowest BCUT2D eigenvalue weighted by atomic mass is 10.2. The highest BCUT2D eigenvalue weighted by Gasteiger charge is 2.27. The van der Waals surface area contributed by atoms with Crippen molar-refractivity contribution in [1.29, 1.82) is 0 Å². The van der Waals surface area contributed by atoms with Gasteiger partial charge in [-0.1, -0.05) is 30.3 Å². The Morgan fingerprint density at radius 2 is 1.71 bits per heavy atom. The van der Waals surface area contributed by atoms with Crippen LogP contribution in [-0.4, -0.2) is 31.1 Å². The number of para-hydroxylation sites is 3. The predicted octanol–water partition coefficient (Wildman–Crippen LogP) is 1.05. The highest BCUT2D eigenvalue weighted by molar-refractivity contribution is 5.85. The number of rotatable bonds is 4. The molecule has 1 heterocycles. The van der Waals surface area contributed by atoms with Gasteiger partial charge in [0, 0.05) is 0 Å². The van der Waals surface area contributed by atoms with Crippen LogP contribution in [0.4, 0.5) is 0 Å². The minimum atomic E-state index is -0.838. The second-order valence-electron chi connectivity index (χ2n) is 5.00. The van der Waals surface area contributed by atoms with Gasteiger partial charge in [0.05, 0.1) is 0 Å². The first-order valence-electron chi connectivity index (χ1n) is 7.37. The Labute approximate surface area is 138 Å². The molecular weight excluding hydrogens is 312 g/mol. The molecule has 1 aliphatic rings. The summed E-state index contributed by atoms with van der Waals surface area (Å²) in [4.78, 5) is 23.7. The zero-order valence-corrected chi connectivity index (χ0v) is 12.7. The summed E-state index contributed by atoms with van der Waals surface area (Å²) in [5, 5.41) is 0. The highest BCUT2D eigenvalue weighted by Crippen LogP contribution is 2.30. The van der Waals surface area contributed by atoms with E-state index in [4.69, 9.17) is 14.2 Å². The number of ether oxygens (including phenoxy) is 3. The number of fused-ring (bicyclic) bond motifs is 1. The molecule has 1 unspecified atom stereocenters. The van der Waals surface area contributed by atoms with Crippen molar-refractivity contribution in [3.8, 4) is 17.2 Å². The molecule has 0 fully saturated rings. The summed E-state index contributed by atoms with van der Waals surface area (Å²) >= 11 is 0. The van der Waals surface area contributed by atoms with Gasteiger partial charge in [-0.2, -0.15) is 0 Å². The number of carbonyl (C=O) groups excluding carboxylic acids is 2. The van der Waals surface area contributed by atoms with Crippen LogP contribution >= 0.6 is 0 Å². The Bertz CT molecular complexity index is 720. The van der Waals surface area contributed by atoms with E-state index in [1.54, 1.807) is 42.5 Å². The Morgan fingerprint density at radius 1 is 1.00 bits per heavy atom. The van der Waals surface area contributed by atoms with Crippen molar-refractivity contribution in [2.24, 2.45) is 0 Å². The van der Waals surface area contributed by atoms with Crippen LogP contribution in [0.2, 0.25) is 0 Å². The molecule has 3 rings (SSSR count). The summed E-state index contributed by atoms with van der Waals surface area (Å²) in [7, 11) is 0. The number of hydrazine groups is 1. The third-order valence-electron chi connectivity index (χ3n) is 3.24. The molecule has 2 aromatic carbocycles. The fourth-order valence-electron chi connectivity index (χ4n) is 2.06. The first-order chi connectivity index (χ1) is 11.7. The van der Waals surface area contributed by atoms with Crippen LogP contribution < -0.4 is 25.1 Å². The van der Waals surface area contributed by atoms with Crippen molar-refractivity contribution in [1.82, 2.24) is 10.9 Å². The maximum atomic E-state index is 12.0. The van der Waals surface area contributed by atoms with Gasteiger partial charge in [-0.25, -0.2) is 0 Å². The number of hydrogen-bond donors (Lipinski definition) is 2. The Morgan fingerprint density at radius 3 is 2.50 bits per heavy atom. The highest BCUT2D eigenvalue weighted by atomic mass is 16.6. The first kappa shape index (κ1) is 15.7. The number of amides is 2. The topological polar surface area (TPSA) is 85.9 Å². The third kappa shape index (κ3) is 3.95. The summed E-state index contributed by atoms with van der Waals surface area (Å²) in [6.45, 7) is -0.144. The van der Waals surface area contributed by atoms with E-state index in [2.05, 4.69) is 10.9 Å². The lowest BCUT2D eigenvalue weighted by Gasteiger charge is -2.25. The fraction of sp³-hybridized carbons (Fsp3) is 0.176. The van der Waals surface area contributed by atoms with Crippen LogP contribution in [0, 0.1) is 0 Å². The molecule has 1 aliphatic heterocycles. The molecule has 124 valence electrons. The smallest absolute Gasteiger partial charge is 0.283 e. The number of nitrogens with one attached hydrogen (secondary N) is 2. The third-order valence-corrected chi connectivity index (χ3v) is 3.24. The molecular formula is C17H16N2O5. The first-order valence-corrected chi connectivity index (χ1v) is 7.37. The normalized spacial score (nSPS) is 15.2. The largest absolute Gasteiger partial charge is 0.485 e. The van der Waals surface area contributed by atoms with Gasteiger partial charge in [0.25, 0.3) is 11.8 Å². The number of benzene rings is 2. The zero-order valence-electron chi connectivity index (χ0n) is 12.7. The second kappa shape index (κ2) is 7.36. The molecule has 0 bridgehead atoms. The lowest BCUT2D eigenvalue weighted by molar-refractivity contribution is -0.135. The molecule has 0 aliphatic carbocycles. The Kier molecular flexibility index (Phi) is 4.81. The van der Waals surface area contributed by atoms with Crippen molar-refractivity contribution in [3.05, 3.63) is 54.6 Å². The quantitative estimate of drug-likeness (QED) is 0.820. The van der Waals surface area contributed by atoms with E-state index in [9.17, 15) is 9.59 Å². The van der Waals surface area contributed by atoms with E-state index >= 15 is 0 Å². The average molecular weight is 328 g/mol. The molecule has 0 saturated heterocycles. The van der Waals surface area contributed by atoms with E-state index in [0.29, 0.717) is 17.2 Å². The van der Waals surface area contributed by atoms with E-state index in [-0.39, 0.29) is 13.2 Å². The van der Waals surface area contributed by atoms with E-state index < -0.39 is 17.9 Å². The molecule has 0 saturated carbocycles. The van der Waals surface area contributed by atoms with Crippen LogP contribution in [0.15, 0.2) is 54.6 Å². The van der Waals surface area contributed by atoms with E-state index in [0.717, 1.165) is 0 Å². The molecule has 24 heavy (non-hydrogen) atoms. The summed E-state index contributed by atoms with van der Waals surface area (Å²) < 4.78 is 16.3. The maximum absolute atomic E-state index is 12.0. The zero-order chi connectivity index (χ0) is 16.8. The molecule has 7 heteroatoms. The average Bonchev–Trinajstić information content (AvgIpc) is 2.65. The SMILES string of the molecule is O=C(COc1ccccc1)NNC(=O)C1COc2ccccc2O1. The minimum Gasteiger partial charge on any atom is -0.485 e. The van der Waals surface area contributed by atoms with Crippen LogP contribution in [0.25, 0.3) is 0 Å². The van der Waals surface area contributed by atoms with Crippen molar-refractivity contribution in [2.75, 3.05) is 13.2 Å². The minimum absolute atomic E-state index is 0.0687. The Hall–Kier alpha value is -3.22. The molecule has 2 aromatic rings. The van der Waals surface area contributed by atoms with Gasteiger partial charge in [-0.3, -0.25) is 20.4 Å². The number of hydrogen-bond acceptors (Lipinski definition) is 5. The number of carbonyl (C=O) groups is 2. The van der Waals surface area contributed by atoms with Crippen LogP contribution in [0.5, 0.6) is 17.2 Å². The fourth-order valence-corrected chi connectivity index (χ4v) is 2.06. The molecule has 2 amide bonds. The lowest BCUT2D eigenvalue weighted by Crippen LogP contribution is -2.51. The maximum Gasteiger partial charge on any atom is 0.283 e. The summed E-state index contributed by atoms with van der Waals surface area (Å²) in [6.07, 6.45) is -0.838. The van der Waals surface area contributed by atoms with Gasteiger partial charge in [-0.05, 0) is 24.3 Å². The van der Waals surface area contributed by atoms with E-state index in [1.165, 1.54) is 0 Å². The van der Waals surface area contributed by atoms with Gasteiger partial charge in [0.2, 0.25) is 6.10 Å². The van der Waals surface area contributed by atoms with Gasteiger partial charge < -0.3 is 14.2 Å². The van der Waals surface area contributed by atoms with Crippen LogP contribution in [0.3, 0.4) is 0 Å². The second-order valence-corrected chi connectivity index (χ2v) is 5.00. The van der Waals surface area contributed by atoms with Crippen LogP contribution in [0.1, 0.15) is 0 Å². The van der Waals surface area contributed by atoms with Gasteiger partial charge in [0.15, 0.2) is 18.1 Å². The molecule has 0 aromatic heterocycles. The molecule has 0 spiro atoms. The van der Waals surface area contributed by atoms with Gasteiger partial charge in [0.1, 0.15) is 12.4 Å². The molecule has 2 N–H and O–H groups in total. The molecule has 7 nitrogen and oxygen atoms in total. The predicted molar refractivity (Wildman–Crippen MR) is 84.6 cm³/mol. The summed E-state index contributed by atoms with van der Waals surface area (Å²) in [5.41, 5.74) is 4.57. The van der Waals surface area contributed by atoms with E-state index in [1.807, 2.05) is 12.1 Å². The summed E-state index contributed by atoms with van der Waals surface area (Å²) in [5.74, 6) is 0.658. The van der Waals surface area contributed by atoms with Crippen molar-refractivity contribution in [2.45, 2.75) is 6.10 Å². The van der Waals surface area contributed by atoms with Crippen molar-refractivity contribution in [3.63, 3.8) is 0 Å². The Balaban J connectivity index is 1.43. The standard InChI is InChI=1S/C17H16N2O5/c20-16(11-22-12-6-2-1-3-7-12)18-19-17(21)15-10-23-13-8-4-5-9-14(13)24-15/h1-9,15H,10-11H2,(H,18,20)(H,19,21). The van der Waals surface area contributed by atoms with Crippen molar-refractivity contribution < 1.29 is 23.8 Å². The molecule has 0 radical (unpaired) electrons. The monoisotopic (exact) mass is 328 g/mol. The van der Waals surface area contributed by atoms with Crippen LogP contribution in [-0.2, 0) is 9.59 Å².